The molecule has 1 aromatic heterocycles. The van der Waals surface area contributed by atoms with E-state index in [-0.39, 0.29) is 11.3 Å². The summed E-state index contributed by atoms with van der Waals surface area (Å²) in [7, 11) is 0. The van der Waals surface area contributed by atoms with E-state index in [1.807, 2.05) is 36.4 Å². The molecule has 4 aliphatic carbocycles. The summed E-state index contributed by atoms with van der Waals surface area (Å²) >= 11 is 12.4. The van der Waals surface area contributed by atoms with Crippen LogP contribution in [0, 0.1) is 23.2 Å². The van der Waals surface area contributed by atoms with Crippen molar-refractivity contribution in [3.05, 3.63) is 63.9 Å². The number of benzene rings is 2. The number of nitrogens with one attached hydrogen (secondary N) is 1. The first-order valence-corrected chi connectivity index (χ1v) is 12.9. The lowest BCUT2D eigenvalue weighted by molar-refractivity contribution is -0.146. The lowest BCUT2D eigenvalue weighted by Gasteiger charge is -2.55. The first-order valence-electron chi connectivity index (χ1n) is 12.2. The van der Waals surface area contributed by atoms with Crippen molar-refractivity contribution in [1.82, 2.24) is 14.9 Å². The number of hydrogen-bond acceptors (Lipinski definition) is 2. The highest BCUT2D eigenvalue weighted by atomic mass is 35.5. The van der Waals surface area contributed by atoms with E-state index in [1.54, 1.807) is 0 Å². The summed E-state index contributed by atoms with van der Waals surface area (Å²) in [6.45, 7) is 1.28. The maximum atomic E-state index is 13.3. The Morgan fingerprint density at radius 2 is 1.70 bits per heavy atom. The standard InChI is InChI=1S/C27H29Cl2N3O/c28-21-6-5-17(12-22(21)29)16-32-24-4-2-1-3-23(24)31-25(32)7-8-30-26(33)27-13-18-9-19(14-27)11-20(10-18)15-27/h1-6,12,18-20H,7-11,13-16H2,(H,30,33). The molecule has 1 amide bonds. The number of para-hydroxylation sites is 2. The molecular weight excluding hydrogens is 453 g/mol. The lowest BCUT2D eigenvalue weighted by atomic mass is 9.49. The second-order valence-electron chi connectivity index (χ2n) is 10.6. The largest absolute Gasteiger partial charge is 0.355 e. The molecule has 0 unspecified atom stereocenters. The average molecular weight is 482 g/mol. The number of imidazole rings is 1. The number of hydrogen-bond donors (Lipinski definition) is 1. The van der Waals surface area contributed by atoms with Crippen LogP contribution in [0.3, 0.4) is 0 Å². The molecule has 4 saturated carbocycles. The van der Waals surface area contributed by atoms with Crippen molar-refractivity contribution < 1.29 is 4.79 Å². The maximum absolute atomic E-state index is 13.3. The van der Waals surface area contributed by atoms with Crippen LogP contribution in [0.5, 0.6) is 0 Å². The van der Waals surface area contributed by atoms with E-state index in [9.17, 15) is 4.79 Å². The summed E-state index contributed by atoms with van der Waals surface area (Å²) in [6, 6.07) is 13.9. The summed E-state index contributed by atoms with van der Waals surface area (Å²) in [5, 5.41) is 4.43. The molecule has 4 aliphatic rings. The molecule has 0 atom stereocenters. The van der Waals surface area contributed by atoms with Gasteiger partial charge in [0.25, 0.3) is 0 Å². The number of fused-ring (bicyclic) bond motifs is 1. The fourth-order valence-electron chi connectivity index (χ4n) is 7.18. The topological polar surface area (TPSA) is 46.9 Å². The third-order valence-electron chi connectivity index (χ3n) is 8.21. The van der Waals surface area contributed by atoms with E-state index in [4.69, 9.17) is 28.2 Å². The monoisotopic (exact) mass is 481 g/mol. The molecule has 0 saturated heterocycles. The van der Waals surface area contributed by atoms with Crippen molar-refractivity contribution in [1.29, 1.82) is 0 Å². The number of amides is 1. The third-order valence-corrected chi connectivity index (χ3v) is 8.95. The SMILES string of the molecule is O=C(NCCc1nc2ccccc2n1Cc1ccc(Cl)c(Cl)c1)C12CC3CC(CC(C3)C1)C2. The first kappa shape index (κ1) is 21.5. The van der Waals surface area contributed by atoms with Gasteiger partial charge in [0, 0.05) is 24.9 Å². The van der Waals surface area contributed by atoms with Crippen molar-refractivity contribution in [3.63, 3.8) is 0 Å². The minimum absolute atomic E-state index is 0.102. The van der Waals surface area contributed by atoms with Gasteiger partial charge in [0.1, 0.15) is 5.82 Å². The van der Waals surface area contributed by atoms with Crippen molar-refractivity contribution in [3.8, 4) is 0 Å². The van der Waals surface area contributed by atoms with Gasteiger partial charge in [0.05, 0.1) is 21.1 Å². The normalized spacial score (nSPS) is 27.9. The van der Waals surface area contributed by atoms with Crippen molar-refractivity contribution in [2.24, 2.45) is 23.2 Å². The Kier molecular flexibility index (Phi) is 5.42. The van der Waals surface area contributed by atoms with E-state index >= 15 is 0 Å². The van der Waals surface area contributed by atoms with Crippen LogP contribution < -0.4 is 5.32 Å². The fourth-order valence-corrected chi connectivity index (χ4v) is 7.50. The maximum Gasteiger partial charge on any atom is 0.226 e. The first-order chi connectivity index (χ1) is 16.0. The third kappa shape index (κ3) is 3.95. The second-order valence-corrected chi connectivity index (χ2v) is 11.4. The Hall–Kier alpha value is -2.04. The molecule has 1 heterocycles. The number of rotatable bonds is 6. The Balaban J connectivity index is 1.19. The lowest BCUT2D eigenvalue weighted by Crippen LogP contribution is -2.53. The van der Waals surface area contributed by atoms with E-state index in [1.165, 1.54) is 19.3 Å². The Morgan fingerprint density at radius 1 is 1.00 bits per heavy atom. The fraction of sp³-hybridized carbons (Fsp3) is 0.481. The van der Waals surface area contributed by atoms with Crippen molar-refractivity contribution in [2.45, 2.75) is 51.5 Å². The van der Waals surface area contributed by atoms with Gasteiger partial charge >= 0.3 is 0 Å². The molecule has 0 aliphatic heterocycles. The summed E-state index contributed by atoms with van der Waals surface area (Å²) in [4.78, 5) is 18.2. The van der Waals surface area contributed by atoms with Gasteiger partial charge in [-0.1, -0.05) is 41.4 Å². The molecular formula is C27H29Cl2N3O. The average Bonchev–Trinajstić information content (AvgIpc) is 3.12. The zero-order valence-electron chi connectivity index (χ0n) is 18.7. The van der Waals surface area contributed by atoms with Gasteiger partial charge in [0.15, 0.2) is 0 Å². The van der Waals surface area contributed by atoms with Crippen LogP contribution in [0.25, 0.3) is 11.0 Å². The van der Waals surface area contributed by atoms with Gasteiger partial charge in [-0.05, 0) is 86.1 Å². The van der Waals surface area contributed by atoms with E-state index in [0.717, 1.165) is 59.4 Å². The van der Waals surface area contributed by atoms with E-state index in [2.05, 4.69) is 16.0 Å². The zero-order chi connectivity index (χ0) is 22.6. The van der Waals surface area contributed by atoms with Crippen LogP contribution in [-0.2, 0) is 17.8 Å². The Bertz CT molecular complexity index is 1180. The van der Waals surface area contributed by atoms with Crippen LogP contribution in [0.1, 0.15) is 49.9 Å². The van der Waals surface area contributed by atoms with Gasteiger partial charge in [-0.3, -0.25) is 4.79 Å². The number of nitrogens with zero attached hydrogens (tertiary/aromatic N) is 2. The number of carbonyl (C=O) groups excluding carboxylic acids is 1. The van der Waals surface area contributed by atoms with Crippen LogP contribution in [0.15, 0.2) is 42.5 Å². The van der Waals surface area contributed by atoms with Gasteiger partial charge in [-0.15, -0.1) is 0 Å². The van der Waals surface area contributed by atoms with E-state index < -0.39 is 0 Å². The van der Waals surface area contributed by atoms with Gasteiger partial charge in [-0.25, -0.2) is 4.98 Å². The van der Waals surface area contributed by atoms with Crippen molar-refractivity contribution >= 4 is 40.1 Å². The van der Waals surface area contributed by atoms with Gasteiger partial charge in [0.2, 0.25) is 5.91 Å². The highest BCUT2D eigenvalue weighted by molar-refractivity contribution is 6.42. The molecule has 4 bridgehead atoms. The summed E-state index contributed by atoms with van der Waals surface area (Å²) < 4.78 is 2.23. The molecule has 2 aromatic carbocycles. The molecule has 33 heavy (non-hydrogen) atoms. The molecule has 4 fully saturated rings. The van der Waals surface area contributed by atoms with Crippen LogP contribution in [-0.4, -0.2) is 22.0 Å². The zero-order valence-corrected chi connectivity index (χ0v) is 20.2. The van der Waals surface area contributed by atoms with Crippen LogP contribution >= 0.6 is 23.2 Å². The molecule has 7 rings (SSSR count). The summed E-state index contributed by atoms with van der Waals surface area (Å²) in [5.41, 5.74) is 3.03. The van der Waals surface area contributed by atoms with Gasteiger partial charge < -0.3 is 9.88 Å². The highest BCUT2D eigenvalue weighted by Crippen LogP contribution is 2.60. The molecule has 1 N–H and O–H groups in total. The number of aromatic nitrogens is 2. The molecule has 3 aromatic rings. The number of halogens is 2. The Labute approximate surface area is 204 Å². The van der Waals surface area contributed by atoms with Crippen LogP contribution in [0.4, 0.5) is 0 Å². The number of carbonyl (C=O) groups is 1. The van der Waals surface area contributed by atoms with Gasteiger partial charge in [-0.2, -0.15) is 0 Å². The minimum Gasteiger partial charge on any atom is -0.355 e. The highest BCUT2D eigenvalue weighted by Gasteiger charge is 2.54. The predicted molar refractivity (Wildman–Crippen MR) is 133 cm³/mol. The molecule has 4 nitrogen and oxygen atoms in total. The minimum atomic E-state index is -0.102. The van der Waals surface area contributed by atoms with E-state index in [0.29, 0.717) is 29.6 Å². The van der Waals surface area contributed by atoms with Crippen molar-refractivity contribution in [2.75, 3.05) is 6.54 Å². The molecule has 0 spiro atoms. The Morgan fingerprint density at radius 3 is 2.39 bits per heavy atom. The molecule has 6 heteroatoms. The molecule has 172 valence electrons. The smallest absolute Gasteiger partial charge is 0.226 e. The summed E-state index contributed by atoms with van der Waals surface area (Å²) in [6.07, 6.45) is 8.05. The summed E-state index contributed by atoms with van der Waals surface area (Å²) in [5.74, 6) is 3.59. The van der Waals surface area contributed by atoms with Crippen LogP contribution in [0.2, 0.25) is 10.0 Å². The predicted octanol–water partition coefficient (Wildman–Crippen LogP) is 6.27. The quantitative estimate of drug-likeness (QED) is 0.451. The molecule has 0 radical (unpaired) electrons. The second kappa shape index (κ2) is 8.32.